The Bertz CT molecular complexity index is 90.4. The van der Waals surface area contributed by atoms with Crippen molar-refractivity contribution in [1.82, 2.24) is 4.90 Å². The van der Waals surface area contributed by atoms with Crippen LogP contribution in [-0.2, 0) is 0 Å². The molecule has 2 atom stereocenters. The molecule has 0 aliphatic carbocycles. The third kappa shape index (κ3) is 3.61. The Morgan fingerprint density at radius 2 is 1.91 bits per heavy atom. The van der Waals surface area contributed by atoms with Crippen molar-refractivity contribution in [2.75, 3.05) is 13.6 Å². The van der Waals surface area contributed by atoms with Crippen molar-refractivity contribution in [3.8, 4) is 0 Å². The van der Waals surface area contributed by atoms with Crippen molar-refractivity contribution >= 4 is 24.8 Å². The summed E-state index contributed by atoms with van der Waals surface area (Å²) in [6, 6.07) is 0.988. The van der Waals surface area contributed by atoms with E-state index < -0.39 is 0 Å². The molecule has 70 valence electrons. The van der Waals surface area contributed by atoms with Gasteiger partial charge in [-0.1, -0.05) is 0 Å². The maximum atomic E-state index is 5.83. The zero-order valence-electron chi connectivity index (χ0n) is 7.12. The minimum atomic E-state index is 0. The molecule has 1 fully saturated rings. The van der Waals surface area contributed by atoms with Gasteiger partial charge in [0.1, 0.15) is 0 Å². The van der Waals surface area contributed by atoms with Crippen molar-refractivity contribution < 1.29 is 0 Å². The number of halogens is 2. The van der Waals surface area contributed by atoms with Crippen LogP contribution in [0.25, 0.3) is 0 Å². The summed E-state index contributed by atoms with van der Waals surface area (Å²) >= 11 is 0. The number of nitrogens with two attached hydrogens (primary N) is 1. The summed E-state index contributed by atoms with van der Waals surface area (Å²) in [6.07, 6.45) is 2.47. The van der Waals surface area contributed by atoms with Gasteiger partial charge in [-0.15, -0.1) is 24.8 Å². The Morgan fingerprint density at radius 1 is 1.36 bits per heavy atom. The largest absolute Gasteiger partial charge is 0.326 e. The first-order chi connectivity index (χ1) is 4.22. The van der Waals surface area contributed by atoms with Crippen LogP contribution in [0.4, 0.5) is 0 Å². The van der Waals surface area contributed by atoms with E-state index in [0.29, 0.717) is 12.1 Å². The van der Waals surface area contributed by atoms with Crippen LogP contribution in [0, 0.1) is 0 Å². The molecule has 11 heavy (non-hydrogen) atoms. The third-order valence-electron chi connectivity index (χ3n) is 2.36. The molecule has 1 rings (SSSR count). The molecule has 2 unspecified atom stereocenters. The van der Waals surface area contributed by atoms with Crippen molar-refractivity contribution in [3.05, 3.63) is 0 Å². The summed E-state index contributed by atoms with van der Waals surface area (Å²) in [5, 5.41) is 0. The van der Waals surface area contributed by atoms with E-state index in [9.17, 15) is 0 Å². The Hall–Kier alpha value is 0.500. The van der Waals surface area contributed by atoms with Gasteiger partial charge in [0.15, 0.2) is 0 Å². The third-order valence-corrected chi connectivity index (χ3v) is 2.36. The fraction of sp³-hybridized carbons (Fsp3) is 1.00. The number of piperidine rings is 1. The topological polar surface area (TPSA) is 29.3 Å². The lowest BCUT2D eigenvalue weighted by atomic mass is 9.99. The number of nitrogens with zero attached hydrogens (tertiary/aromatic N) is 1. The standard InChI is InChI=1S/C7H16N2.2ClH/c1-6-7(8)4-3-5-9(6)2;;/h6-7H,3-5,8H2,1-2H3;2*1H. The van der Waals surface area contributed by atoms with E-state index in [1.54, 1.807) is 0 Å². The molecule has 0 aromatic rings. The van der Waals surface area contributed by atoms with E-state index >= 15 is 0 Å². The van der Waals surface area contributed by atoms with Crippen LogP contribution >= 0.6 is 24.8 Å². The molecule has 4 heteroatoms. The Morgan fingerprint density at radius 3 is 2.27 bits per heavy atom. The van der Waals surface area contributed by atoms with E-state index in [1.807, 2.05) is 0 Å². The van der Waals surface area contributed by atoms with Crippen LogP contribution in [-0.4, -0.2) is 30.6 Å². The first kappa shape index (κ1) is 14.0. The van der Waals surface area contributed by atoms with Gasteiger partial charge in [0.25, 0.3) is 0 Å². The Balaban J connectivity index is 0. The maximum absolute atomic E-state index is 5.83. The molecule has 0 bridgehead atoms. The number of hydrogen-bond acceptors (Lipinski definition) is 2. The summed E-state index contributed by atoms with van der Waals surface area (Å²) in [6.45, 7) is 3.42. The predicted molar refractivity (Wildman–Crippen MR) is 53.8 cm³/mol. The number of rotatable bonds is 0. The fourth-order valence-corrected chi connectivity index (χ4v) is 1.35. The van der Waals surface area contributed by atoms with Crippen LogP contribution in [0.1, 0.15) is 19.8 Å². The van der Waals surface area contributed by atoms with E-state index in [1.165, 1.54) is 19.4 Å². The summed E-state index contributed by atoms with van der Waals surface area (Å²) in [7, 11) is 2.14. The minimum absolute atomic E-state index is 0. The van der Waals surface area contributed by atoms with Gasteiger partial charge in [0.2, 0.25) is 0 Å². The van der Waals surface area contributed by atoms with Crippen molar-refractivity contribution in [2.24, 2.45) is 5.73 Å². The Labute approximate surface area is 81.3 Å². The lowest BCUT2D eigenvalue weighted by molar-refractivity contribution is 0.176. The van der Waals surface area contributed by atoms with Crippen LogP contribution in [0.5, 0.6) is 0 Å². The van der Waals surface area contributed by atoms with Gasteiger partial charge >= 0.3 is 0 Å². The average Bonchev–Trinajstić information content (AvgIpc) is 1.83. The molecule has 2 nitrogen and oxygen atoms in total. The minimum Gasteiger partial charge on any atom is -0.326 e. The highest BCUT2D eigenvalue weighted by Crippen LogP contribution is 2.12. The van der Waals surface area contributed by atoms with Crippen LogP contribution in [0.15, 0.2) is 0 Å². The van der Waals surface area contributed by atoms with Gasteiger partial charge < -0.3 is 10.6 Å². The molecule has 1 aliphatic heterocycles. The SMILES string of the molecule is CC1C(N)CCCN1C.Cl.Cl. The molecular formula is C7H18Cl2N2. The first-order valence-electron chi connectivity index (χ1n) is 3.67. The number of hydrogen-bond donors (Lipinski definition) is 1. The molecule has 0 saturated carbocycles. The van der Waals surface area contributed by atoms with E-state index in [0.717, 1.165) is 0 Å². The highest BCUT2D eigenvalue weighted by Gasteiger charge is 2.21. The van der Waals surface area contributed by atoms with Gasteiger partial charge in [-0.05, 0) is 33.4 Å². The second-order valence-corrected chi connectivity index (χ2v) is 3.03. The molecule has 1 heterocycles. The summed E-state index contributed by atoms with van der Waals surface area (Å²) in [4.78, 5) is 2.33. The Kier molecular flexibility index (Phi) is 7.75. The quantitative estimate of drug-likeness (QED) is 0.639. The lowest BCUT2D eigenvalue weighted by Gasteiger charge is -2.34. The maximum Gasteiger partial charge on any atom is 0.0215 e. The molecule has 0 aromatic heterocycles. The fourth-order valence-electron chi connectivity index (χ4n) is 1.35. The number of likely N-dealkylation sites (tertiary alicyclic amines) is 1. The molecule has 0 aromatic carbocycles. The van der Waals surface area contributed by atoms with Crippen LogP contribution in [0.3, 0.4) is 0 Å². The lowest BCUT2D eigenvalue weighted by Crippen LogP contribution is -2.48. The smallest absolute Gasteiger partial charge is 0.0215 e. The van der Waals surface area contributed by atoms with Crippen LogP contribution < -0.4 is 5.73 Å². The normalized spacial score (nSPS) is 31.9. The number of likely N-dealkylation sites (N-methyl/N-ethyl adjacent to an activating group) is 1. The molecule has 0 amide bonds. The molecular weight excluding hydrogens is 183 g/mol. The molecule has 1 saturated heterocycles. The molecule has 2 N–H and O–H groups in total. The van der Waals surface area contributed by atoms with Gasteiger partial charge in [0.05, 0.1) is 0 Å². The van der Waals surface area contributed by atoms with Gasteiger partial charge in [-0.3, -0.25) is 0 Å². The highest BCUT2D eigenvalue weighted by atomic mass is 35.5. The molecule has 0 radical (unpaired) electrons. The zero-order valence-corrected chi connectivity index (χ0v) is 8.75. The van der Waals surface area contributed by atoms with E-state index in [-0.39, 0.29) is 24.8 Å². The van der Waals surface area contributed by atoms with Crippen molar-refractivity contribution in [1.29, 1.82) is 0 Å². The monoisotopic (exact) mass is 200 g/mol. The predicted octanol–water partition coefficient (Wildman–Crippen LogP) is 1.27. The molecule has 1 aliphatic rings. The second kappa shape index (κ2) is 6.06. The first-order valence-corrected chi connectivity index (χ1v) is 3.67. The van der Waals surface area contributed by atoms with Gasteiger partial charge in [-0.25, -0.2) is 0 Å². The molecule has 0 spiro atoms. The summed E-state index contributed by atoms with van der Waals surface area (Å²) in [5.41, 5.74) is 5.83. The zero-order chi connectivity index (χ0) is 6.85. The van der Waals surface area contributed by atoms with E-state index in [2.05, 4.69) is 18.9 Å². The van der Waals surface area contributed by atoms with Crippen molar-refractivity contribution in [2.45, 2.75) is 31.8 Å². The van der Waals surface area contributed by atoms with Crippen molar-refractivity contribution in [3.63, 3.8) is 0 Å². The average molecular weight is 201 g/mol. The summed E-state index contributed by atoms with van der Waals surface area (Å²) in [5.74, 6) is 0. The van der Waals surface area contributed by atoms with Crippen LogP contribution in [0.2, 0.25) is 0 Å². The summed E-state index contributed by atoms with van der Waals surface area (Å²) < 4.78 is 0. The van der Waals surface area contributed by atoms with Gasteiger partial charge in [0, 0.05) is 12.1 Å². The van der Waals surface area contributed by atoms with Gasteiger partial charge in [-0.2, -0.15) is 0 Å². The highest BCUT2D eigenvalue weighted by molar-refractivity contribution is 5.85. The van der Waals surface area contributed by atoms with E-state index in [4.69, 9.17) is 5.73 Å². The second-order valence-electron chi connectivity index (χ2n) is 3.03.